The van der Waals surface area contributed by atoms with Crippen molar-refractivity contribution < 1.29 is 4.79 Å². The highest BCUT2D eigenvalue weighted by Gasteiger charge is 2.28. The molecule has 0 aliphatic carbocycles. The van der Waals surface area contributed by atoms with Gasteiger partial charge in [0.05, 0.1) is 17.1 Å². The largest absolute Gasteiger partial charge is 0.355 e. The van der Waals surface area contributed by atoms with Crippen LogP contribution in [-0.4, -0.2) is 29.0 Å². The predicted molar refractivity (Wildman–Crippen MR) is 128 cm³/mol. The average Bonchev–Trinajstić information content (AvgIpc) is 2.83. The molecular weight excluding hydrogens is 398 g/mol. The molecule has 0 fully saturated rings. The Labute approximate surface area is 190 Å². The number of nitrogens with zero attached hydrogens (tertiary/aromatic N) is 4. The van der Waals surface area contributed by atoms with Crippen molar-refractivity contribution >= 4 is 22.8 Å². The summed E-state index contributed by atoms with van der Waals surface area (Å²) in [4.78, 5) is 24.9. The maximum atomic E-state index is 13.1. The Morgan fingerprint density at radius 2 is 1.56 bits per heavy atom. The van der Waals surface area contributed by atoms with Gasteiger partial charge in [-0.3, -0.25) is 4.79 Å². The number of para-hydroxylation sites is 2. The van der Waals surface area contributed by atoms with Crippen molar-refractivity contribution in [2.24, 2.45) is 0 Å². The first-order valence-corrected chi connectivity index (χ1v) is 11.4. The molecule has 1 heterocycles. The SMILES string of the molecule is CCCCN(CCCC)c1nc2ccccc2nc1C(C#N)C(=O)NCc1ccccc1. The second-order valence-electron chi connectivity index (χ2n) is 7.88. The first-order chi connectivity index (χ1) is 15.7. The first-order valence-electron chi connectivity index (χ1n) is 11.4. The van der Waals surface area contributed by atoms with Crippen LogP contribution in [0.3, 0.4) is 0 Å². The molecule has 6 nitrogen and oxygen atoms in total. The molecular formula is C26H31N5O. The van der Waals surface area contributed by atoms with Gasteiger partial charge in [0, 0.05) is 19.6 Å². The van der Waals surface area contributed by atoms with Gasteiger partial charge in [-0.15, -0.1) is 0 Å². The van der Waals surface area contributed by atoms with Crippen LogP contribution in [0.15, 0.2) is 54.6 Å². The molecule has 0 radical (unpaired) electrons. The molecule has 1 unspecified atom stereocenters. The minimum atomic E-state index is -1.03. The molecule has 166 valence electrons. The van der Waals surface area contributed by atoms with Gasteiger partial charge in [-0.05, 0) is 30.5 Å². The molecule has 0 aliphatic heterocycles. The lowest BCUT2D eigenvalue weighted by Crippen LogP contribution is -2.33. The van der Waals surface area contributed by atoms with Crippen LogP contribution >= 0.6 is 0 Å². The van der Waals surface area contributed by atoms with Gasteiger partial charge < -0.3 is 10.2 Å². The molecule has 32 heavy (non-hydrogen) atoms. The van der Waals surface area contributed by atoms with Crippen molar-refractivity contribution in [3.63, 3.8) is 0 Å². The molecule has 0 bridgehead atoms. The minimum Gasteiger partial charge on any atom is -0.355 e. The second-order valence-corrected chi connectivity index (χ2v) is 7.88. The van der Waals surface area contributed by atoms with E-state index in [9.17, 15) is 10.1 Å². The molecule has 0 spiro atoms. The zero-order valence-electron chi connectivity index (χ0n) is 18.9. The topological polar surface area (TPSA) is 81.9 Å². The number of carbonyl (C=O) groups is 1. The number of rotatable bonds is 11. The van der Waals surface area contributed by atoms with Crippen LogP contribution in [-0.2, 0) is 11.3 Å². The van der Waals surface area contributed by atoms with E-state index in [1.165, 1.54) is 0 Å². The van der Waals surface area contributed by atoms with Crippen LogP contribution in [0.25, 0.3) is 11.0 Å². The van der Waals surface area contributed by atoms with Crippen LogP contribution in [0.2, 0.25) is 0 Å². The highest BCUT2D eigenvalue weighted by atomic mass is 16.1. The van der Waals surface area contributed by atoms with Crippen molar-refractivity contribution in [1.29, 1.82) is 5.26 Å². The van der Waals surface area contributed by atoms with E-state index < -0.39 is 5.92 Å². The number of hydrogen-bond acceptors (Lipinski definition) is 5. The van der Waals surface area contributed by atoms with Crippen LogP contribution < -0.4 is 10.2 Å². The number of aromatic nitrogens is 2. The highest BCUT2D eigenvalue weighted by molar-refractivity contribution is 5.88. The molecule has 1 N–H and O–H groups in total. The Hall–Kier alpha value is -3.46. The van der Waals surface area contributed by atoms with E-state index in [0.717, 1.165) is 49.9 Å². The zero-order valence-corrected chi connectivity index (χ0v) is 18.9. The Balaban J connectivity index is 1.97. The fourth-order valence-electron chi connectivity index (χ4n) is 3.58. The summed E-state index contributed by atoms with van der Waals surface area (Å²) in [6, 6.07) is 19.5. The number of benzene rings is 2. The van der Waals surface area contributed by atoms with Gasteiger partial charge in [-0.1, -0.05) is 69.2 Å². The summed E-state index contributed by atoms with van der Waals surface area (Å²) in [6.07, 6.45) is 4.13. The second kappa shape index (κ2) is 11.8. The van der Waals surface area contributed by atoms with Crippen LogP contribution in [0.5, 0.6) is 0 Å². The third-order valence-corrected chi connectivity index (χ3v) is 5.42. The molecule has 0 saturated carbocycles. The Bertz CT molecular complexity index is 1050. The standard InChI is InChI=1S/C26H31N5O/c1-3-5-16-31(17-6-4-2)25-24(29-22-14-10-11-15-23(22)30-25)21(18-27)26(32)28-19-20-12-8-7-9-13-20/h7-15,21H,3-6,16-17,19H2,1-2H3,(H,28,32). The van der Waals surface area contributed by atoms with Crippen LogP contribution in [0.1, 0.15) is 56.7 Å². The van der Waals surface area contributed by atoms with Crippen molar-refractivity contribution in [1.82, 2.24) is 15.3 Å². The minimum absolute atomic E-state index is 0.354. The van der Waals surface area contributed by atoms with Crippen LogP contribution in [0, 0.1) is 11.3 Å². The van der Waals surface area contributed by atoms with Gasteiger partial charge in [-0.25, -0.2) is 9.97 Å². The van der Waals surface area contributed by atoms with Crippen molar-refractivity contribution in [2.45, 2.75) is 52.0 Å². The van der Waals surface area contributed by atoms with E-state index in [1.807, 2.05) is 54.6 Å². The average molecular weight is 430 g/mol. The smallest absolute Gasteiger partial charge is 0.243 e. The maximum absolute atomic E-state index is 13.1. The number of carbonyl (C=O) groups excluding carboxylic acids is 1. The van der Waals surface area contributed by atoms with Gasteiger partial charge >= 0.3 is 0 Å². The Morgan fingerprint density at radius 1 is 0.969 bits per heavy atom. The lowest BCUT2D eigenvalue weighted by molar-refractivity contribution is -0.121. The van der Waals surface area contributed by atoms with Crippen LogP contribution in [0.4, 0.5) is 5.82 Å². The van der Waals surface area contributed by atoms with Gasteiger partial charge in [0.15, 0.2) is 11.7 Å². The quantitative estimate of drug-likeness (QED) is 0.466. The lowest BCUT2D eigenvalue weighted by Gasteiger charge is -2.26. The molecule has 0 saturated heterocycles. The third kappa shape index (κ3) is 5.82. The monoisotopic (exact) mass is 429 g/mol. The van der Waals surface area contributed by atoms with E-state index in [2.05, 4.69) is 30.1 Å². The van der Waals surface area contributed by atoms with Crippen molar-refractivity contribution in [2.75, 3.05) is 18.0 Å². The number of anilines is 1. The van der Waals surface area contributed by atoms with Gasteiger partial charge in [-0.2, -0.15) is 5.26 Å². The predicted octanol–water partition coefficient (Wildman–Crippen LogP) is 4.96. The van der Waals surface area contributed by atoms with E-state index in [1.54, 1.807) is 0 Å². The number of nitrogens with one attached hydrogen (secondary N) is 1. The molecule has 0 aliphatic rings. The number of amides is 1. The molecule has 6 heteroatoms. The highest BCUT2D eigenvalue weighted by Crippen LogP contribution is 2.28. The van der Waals surface area contributed by atoms with Crippen molar-refractivity contribution in [3.05, 3.63) is 65.9 Å². The summed E-state index contributed by atoms with van der Waals surface area (Å²) in [5.74, 6) is -0.739. The molecule has 3 aromatic rings. The van der Waals surface area contributed by atoms with E-state index in [0.29, 0.717) is 23.6 Å². The Kier molecular flexibility index (Phi) is 8.56. The fraction of sp³-hybridized carbons (Fsp3) is 0.385. The summed E-state index contributed by atoms with van der Waals surface area (Å²) in [6.45, 7) is 6.31. The summed E-state index contributed by atoms with van der Waals surface area (Å²) in [7, 11) is 0. The number of fused-ring (bicyclic) bond motifs is 1. The van der Waals surface area contributed by atoms with Crippen molar-refractivity contribution in [3.8, 4) is 6.07 Å². The molecule has 1 atom stereocenters. The summed E-state index contributed by atoms with van der Waals surface area (Å²) >= 11 is 0. The summed E-state index contributed by atoms with van der Waals surface area (Å²) < 4.78 is 0. The van der Waals surface area contributed by atoms with E-state index in [-0.39, 0.29) is 5.91 Å². The molecule has 1 amide bonds. The maximum Gasteiger partial charge on any atom is 0.243 e. The third-order valence-electron chi connectivity index (χ3n) is 5.42. The van der Waals surface area contributed by atoms with Gasteiger partial charge in [0.1, 0.15) is 5.69 Å². The summed E-state index contributed by atoms with van der Waals surface area (Å²) in [5.41, 5.74) is 2.87. The van der Waals surface area contributed by atoms with E-state index in [4.69, 9.17) is 9.97 Å². The van der Waals surface area contributed by atoms with Gasteiger partial charge in [0.25, 0.3) is 0 Å². The molecule has 3 rings (SSSR count). The van der Waals surface area contributed by atoms with Gasteiger partial charge in [0.2, 0.25) is 5.91 Å². The zero-order chi connectivity index (χ0) is 22.8. The lowest BCUT2D eigenvalue weighted by atomic mass is 10.0. The number of hydrogen-bond donors (Lipinski definition) is 1. The summed E-state index contributed by atoms with van der Waals surface area (Å²) in [5, 5.41) is 12.9. The molecule has 1 aromatic heterocycles. The molecule has 2 aromatic carbocycles. The fourth-order valence-corrected chi connectivity index (χ4v) is 3.58. The number of nitriles is 1. The number of unbranched alkanes of at least 4 members (excludes halogenated alkanes) is 2. The Morgan fingerprint density at radius 3 is 2.16 bits per heavy atom. The van der Waals surface area contributed by atoms with E-state index >= 15 is 0 Å². The first kappa shape index (κ1) is 23.2. The normalized spacial score (nSPS) is 11.7.